The van der Waals surface area contributed by atoms with Gasteiger partial charge in [0.25, 0.3) is 0 Å². The summed E-state index contributed by atoms with van der Waals surface area (Å²) in [5.74, 6) is -0.186. The number of carbonyl (C=O) groups excluding carboxylic acids is 1. The Morgan fingerprint density at radius 2 is 2.50 bits per heavy atom. The summed E-state index contributed by atoms with van der Waals surface area (Å²) < 4.78 is 0.708. The molecule has 0 aliphatic heterocycles. The molecule has 0 atom stereocenters. The number of halogens is 1. The fourth-order valence-corrected chi connectivity index (χ4v) is 1.52. The van der Waals surface area contributed by atoms with Gasteiger partial charge in [-0.25, -0.2) is 5.43 Å². The van der Waals surface area contributed by atoms with Crippen molar-refractivity contribution in [1.82, 2.24) is 5.43 Å². The third kappa shape index (κ3) is 3.02. The molecular weight excluding hydrogens is 196 g/mol. The molecule has 1 N–H and O–H groups in total. The molecule has 0 unspecified atom stereocenters. The van der Waals surface area contributed by atoms with E-state index in [4.69, 9.17) is 11.6 Å². The van der Waals surface area contributed by atoms with Gasteiger partial charge in [-0.05, 0) is 12.1 Å². The standard InChI is InChI=1S/C7H7ClN2OS/c1-5(11)10-9-4-6-2-3-7(8)12-6/h2-4H,1H3,(H,10,11)/b9-4-. The van der Waals surface area contributed by atoms with Gasteiger partial charge >= 0.3 is 0 Å². The Bertz CT molecular complexity index is 308. The smallest absolute Gasteiger partial charge is 0.236 e. The number of nitrogens with one attached hydrogen (secondary N) is 1. The Labute approximate surface area is 79.0 Å². The van der Waals surface area contributed by atoms with Crippen LogP contribution in [0.15, 0.2) is 17.2 Å². The van der Waals surface area contributed by atoms with Gasteiger partial charge in [-0.1, -0.05) is 11.6 Å². The first-order chi connectivity index (χ1) is 5.68. The molecule has 5 heteroatoms. The molecule has 0 radical (unpaired) electrons. The Hall–Kier alpha value is -0.870. The molecule has 1 aromatic heterocycles. The van der Waals surface area contributed by atoms with Crippen LogP contribution in [0.4, 0.5) is 0 Å². The molecule has 64 valence electrons. The Balaban J connectivity index is 2.52. The number of rotatable bonds is 2. The third-order valence-electron chi connectivity index (χ3n) is 1.01. The molecule has 1 heterocycles. The molecule has 0 aliphatic rings. The number of hydrazone groups is 1. The summed E-state index contributed by atoms with van der Waals surface area (Å²) in [6.45, 7) is 1.40. The number of hydrogen-bond acceptors (Lipinski definition) is 3. The summed E-state index contributed by atoms with van der Waals surface area (Å²) in [6, 6.07) is 3.61. The summed E-state index contributed by atoms with van der Waals surface area (Å²) in [5.41, 5.74) is 2.30. The van der Waals surface area contributed by atoms with Crippen molar-refractivity contribution in [1.29, 1.82) is 0 Å². The maximum Gasteiger partial charge on any atom is 0.236 e. The quantitative estimate of drug-likeness (QED) is 0.578. The zero-order valence-electron chi connectivity index (χ0n) is 6.37. The lowest BCUT2D eigenvalue weighted by Crippen LogP contribution is -2.11. The van der Waals surface area contributed by atoms with Crippen LogP contribution >= 0.6 is 22.9 Å². The van der Waals surface area contributed by atoms with Crippen LogP contribution in [-0.2, 0) is 4.79 Å². The number of carbonyl (C=O) groups is 1. The molecule has 0 bridgehead atoms. The molecule has 0 saturated heterocycles. The topological polar surface area (TPSA) is 41.5 Å². The van der Waals surface area contributed by atoms with Crippen molar-refractivity contribution in [2.24, 2.45) is 5.10 Å². The van der Waals surface area contributed by atoms with E-state index in [1.165, 1.54) is 18.3 Å². The maximum absolute atomic E-state index is 10.4. The average Bonchev–Trinajstić information content (AvgIpc) is 2.35. The highest BCUT2D eigenvalue weighted by Crippen LogP contribution is 2.19. The van der Waals surface area contributed by atoms with Gasteiger partial charge in [0.1, 0.15) is 0 Å². The predicted octanol–water partition coefficient (Wildman–Crippen LogP) is 1.87. The van der Waals surface area contributed by atoms with Crippen molar-refractivity contribution in [3.8, 4) is 0 Å². The van der Waals surface area contributed by atoms with E-state index < -0.39 is 0 Å². The first-order valence-electron chi connectivity index (χ1n) is 3.23. The number of amides is 1. The summed E-state index contributed by atoms with van der Waals surface area (Å²) in [5, 5.41) is 3.68. The van der Waals surface area contributed by atoms with Gasteiger partial charge in [0.2, 0.25) is 5.91 Å². The fourth-order valence-electron chi connectivity index (χ4n) is 0.584. The Kier molecular flexibility index (Phi) is 3.25. The second-order valence-corrected chi connectivity index (χ2v) is 3.81. The molecule has 1 amide bonds. The van der Waals surface area contributed by atoms with Crippen molar-refractivity contribution in [2.45, 2.75) is 6.92 Å². The first kappa shape index (κ1) is 9.22. The molecule has 0 spiro atoms. The largest absolute Gasteiger partial charge is 0.274 e. The first-order valence-corrected chi connectivity index (χ1v) is 4.43. The molecule has 1 aromatic rings. The highest BCUT2D eigenvalue weighted by molar-refractivity contribution is 7.17. The lowest BCUT2D eigenvalue weighted by Gasteiger charge is -1.88. The third-order valence-corrected chi connectivity index (χ3v) is 2.17. The molecule has 0 fully saturated rings. The highest BCUT2D eigenvalue weighted by atomic mass is 35.5. The van der Waals surface area contributed by atoms with Gasteiger partial charge in [-0.15, -0.1) is 11.3 Å². The van der Waals surface area contributed by atoms with Crippen LogP contribution in [0.25, 0.3) is 0 Å². The van der Waals surface area contributed by atoms with Gasteiger partial charge in [-0.2, -0.15) is 5.10 Å². The van der Waals surface area contributed by atoms with Crippen molar-refractivity contribution < 1.29 is 4.79 Å². The molecule has 12 heavy (non-hydrogen) atoms. The van der Waals surface area contributed by atoms with E-state index in [0.717, 1.165) is 4.88 Å². The van der Waals surface area contributed by atoms with Crippen molar-refractivity contribution in [2.75, 3.05) is 0 Å². The van der Waals surface area contributed by atoms with Gasteiger partial charge < -0.3 is 0 Å². The Morgan fingerprint density at radius 3 is 3.00 bits per heavy atom. The maximum atomic E-state index is 10.4. The van der Waals surface area contributed by atoms with Crippen LogP contribution in [-0.4, -0.2) is 12.1 Å². The van der Waals surface area contributed by atoms with Crippen molar-refractivity contribution in [3.05, 3.63) is 21.3 Å². The van der Waals surface area contributed by atoms with Gasteiger partial charge in [-0.3, -0.25) is 4.79 Å². The lowest BCUT2D eigenvalue weighted by molar-refractivity contribution is -0.118. The van der Waals surface area contributed by atoms with Gasteiger partial charge in [0.05, 0.1) is 10.6 Å². The summed E-state index contributed by atoms with van der Waals surface area (Å²) in [7, 11) is 0. The molecule has 0 saturated carbocycles. The summed E-state index contributed by atoms with van der Waals surface area (Å²) in [4.78, 5) is 11.3. The number of nitrogens with zero attached hydrogens (tertiary/aromatic N) is 1. The van der Waals surface area contributed by atoms with Crippen LogP contribution in [0, 0.1) is 0 Å². The second kappa shape index (κ2) is 4.23. The van der Waals surface area contributed by atoms with E-state index in [0.29, 0.717) is 4.34 Å². The highest BCUT2D eigenvalue weighted by Gasteiger charge is 1.92. The minimum atomic E-state index is -0.186. The van der Waals surface area contributed by atoms with Crippen molar-refractivity contribution in [3.63, 3.8) is 0 Å². The van der Waals surface area contributed by atoms with Gasteiger partial charge in [0, 0.05) is 11.8 Å². The van der Waals surface area contributed by atoms with Crippen LogP contribution in [0.1, 0.15) is 11.8 Å². The normalized spacial score (nSPS) is 10.5. The van der Waals surface area contributed by atoms with Crippen LogP contribution in [0.3, 0.4) is 0 Å². The van der Waals surface area contributed by atoms with Crippen molar-refractivity contribution >= 4 is 35.1 Å². The molecule has 0 aromatic carbocycles. The number of hydrogen-bond donors (Lipinski definition) is 1. The predicted molar refractivity (Wildman–Crippen MR) is 50.7 cm³/mol. The molecule has 3 nitrogen and oxygen atoms in total. The summed E-state index contributed by atoms with van der Waals surface area (Å²) >= 11 is 7.08. The average molecular weight is 203 g/mol. The summed E-state index contributed by atoms with van der Waals surface area (Å²) in [6.07, 6.45) is 1.55. The van der Waals surface area contributed by atoms with E-state index in [-0.39, 0.29) is 5.91 Å². The van der Waals surface area contributed by atoms with Crippen LogP contribution in [0.2, 0.25) is 4.34 Å². The SMILES string of the molecule is CC(=O)N/N=C\c1ccc(Cl)s1. The zero-order chi connectivity index (χ0) is 8.97. The van der Waals surface area contributed by atoms with E-state index in [9.17, 15) is 4.79 Å². The van der Waals surface area contributed by atoms with E-state index >= 15 is 0 Å². The minimum Gasteiger partial charge on any atom is -0.274 e. The molecular formula is C7H7ClN2OS. The fraction of sp³-hybridized carbons (Fsp3) is 0.143. The zero-order valence-corrected chi connectivity index (χ0v) is 7.95. The molecule has 1 rings (SSSR count). The second-order valence-electron chi connectivity index (χ2n) is 2.07. The van der Waals surface area contributed by atoms with E-state index in [2.05, 4.69) is 10.5 Å². The lowest BCUT2D eigenvalue weighted by atomic mass is 10.5. The van der Waals surface area contributed by atoms with Crippen LogP contribution < -0.4 is 5.43 Å². The Morgan fingerprint density at radius 1 is 1.75 bits per heavy atom. The monoisotopic (exact) mass is 202 g/mol. The van der Waals surface area contributed by atoms with Gasteiger partial charge in [0.15, 0.2) is 0 Å². The minimum absolute atomic E-state index is 0.186. The van der Waals surface area contributed by atoms with E-state index in [1.807, 2.05) is 6.07 Å². The van der Waals surface area contributed by atoms with Crippen LogP contribution in [0.5, 0.6) is 0 Å². The molecule has 0 aliphatic carbocycles. The van der Waals surface area contributed by atoms with E-state index in [1.54, 1.807) is 12.3 Å². The number of thiophene rings is 1.